The van der Waals surface area contributed by atoms with Crippen LogP contribution in [0.1, 0.15) is 5.89 Å². The minimum Gasteiger partial charge on any atom is -0.419 e. The van der Waals surface area contributed by atoms with Crippen LogP contribution in [0, 0.1) is 0 Å². The average molecular weight is 178 g/mol. The standard InChI is InChI=1S/C8H10N4O/c1-12-3-2-6(5-12)8-11-10-7(4-9)13-8/h2-3,5H,4,9H2,1H3. The van der Waals surface area contributed by atoms with Gasteiger partial charge in [0.15, 0.2) is 0 Å². The molecule has 0 spiro atoms. The predicted molar refractivity (Wildman–Crippen MR) is 46.6 cm³/mol. The molecule has 2 aromatic rings. The topological polar surface area (TPSA) is 69.9 Å². The summed E-state index contributed by atoms with van der Waals surface area (Å²) in [6, 6.07) is 1.91. The number of rotatable bonds is 2. The zero-order valence-electron chi connectivity index (χ0n) is 7.27. The highest BCUT2D eigenvalue weighted by atomic mass is 16.4. The first-order valence-corrected chi connectivity index (χ1v) is 3.94. The van der Waals surface area contributed by atoms with Gasteiger partial charge in [0, 0.05) is 19.4 Å². The van der Waals surface area contributed by atoms with Crippen LogP contribution in [-0.2, 0) is 13.6 Å². The monoisotopic (exact) mass is 178 g/mol. The van der Waals surface area contributed by atoms with Gasteiger partial charge in [0.2, 0.25) is 11.8 Å². The maximum absolute atomic E-state index is 5.34. The van der Waals surface area contributed by atoms with Crippen LogP contribution in [0.25, 0.3) is 11.5 Å². The predicted octanol–water partition coefficient (Wildman–Crippen LogP) is 0.534. The second kappa shape index (κ2) is 3.02. The molecule has 0 atom stereocenters. The lowest BCUT2D eigenvalue weighted by atomic mass is 10.3. The average Bonchev–Trinajstić information content (AvgIpc) is 2.71. The quantitative estimate of drug-likeness (QED) is 0.728. The summed E-state index contributed by atoms with van der Waals surface area (Å²) in [6.45, 7) is 0.278. The van der Waals surface area contributed by atoms with E-state index >= 15 is 0 Å². The zero-order chi connectivity index (χ0) is 9.26. The fraction of sp³-hybridized carbons (Fsp3) is 0.250. The highest BCUT2D eigenvalue weighted by Gasteiger charge is 2.07. The van der Waals surface area contributed by atoms with Gasteiger partial charge in [-0.15, -0.1) is 10.2 Å². The van der Waals surface area contributed by atoms with Gasteiger partial charge >= 0.3 is 0 Å². The van der Waals surface area contributed by atoms with Crippen LogP contribution in [0.3, 0.4) is 0 Å². The molecule has 5 heteroatoms. The van der Waals surface area contributed by atoms with E-state index in [2.05, 4.69) is 10.2 Å². The van der Waals surface area contributed by atoms with Crippen molar-refractivity contribution in [2.24, 2.45) is 12.8 Å². The number of hydrogen-bond acceptors (Lipinski definition) is 4. The molecule has 0 saturated carbocycles. The first kappa shape index (κ1) is 8.00. The second-order valence-corrected chi connectivity index (χ2v) is 2.77. The summed E-state index contributed by atoms with van der Waals surface area (Å²) in [5.41, 5.74) is 6.26. The van der Waals surface area contributed by atoms with Gasteiger partial charge in [-0.3, -0.25) is 0 Å². The summed E-state index contributed by atoms with van der Waals surface area (Å²) in [5.74, 6) is 0.972. The molecule has 0 saturated heterocycles. The van der Waals surface area contributed by atoms with E-state index in [1.54, 1.807) is 0 Å². The Hall–Kier alpha value is -1.62. The lowest BCUT2D eigenvalue weighted by Gasteiger charge is -1.86. The van der Waals surface area contributed by atoms with Gasteiger partial charge in [0.25, 0.3) is 0 Å². The molecule has 2 N–H and O–H groups in total. The fourth-order valence-corrected chi connectivity index (χ4v) is 1.08. The molecule has 13 heavy (non-hydrogen) atoms. The van der Waals surface area contributed by atoms with Crippen LogP contribution >= 0.6 is 0 Å². The molecule has 0 aromatic carbocycles. The maximum Gasteiger partial charge on any atom is 0.249 e. The Morgan fingerprint density at radius 3 is 2.92 bits per heavy atom. The van der Waals surface area contributed by atoms with Gasteiger partial charge in [0.05, 0.1) is 12.1 Å². The summed E-state index contributed by atoms with van der Waals surface area (Å²) >= 11 is 0. The molecule has 68 valence electrons. The van der Waals surface area contributed by atoms with E-state index in [9.17, 15) is 0 Å². The van der Waals surface area contributed by atoms with E-state index in [0.29, 0.717) is 11.8 Å². The lowest BCUT2D eigenvalue weighted by molar-refractivity contribution is 0.508. The Kier molecular flexibility index (Phi) is 1.86. The molecule has 2 aromatic heterocycles. The Labute approximate surface area is 75.2 Å². The van der Waals surface area contributed by atoms with Crippen LogP contribution in [0.4, 0.5) is 0 Å². The van der Waals surface area contributed by atoms with E-state index in [0.717, 1.165) is 5.56 Å². The smallest absolute Gasteiger partial charge is 0.249 e. The second-order valence-electron chi connectivity index (χ2n) is 2.77. The molecule has 5 nitrogen and oxygen atoms in total. The first-order valence-electron chi connectivity index (χ1n) is 3.94. The molecule has 0 unspecified atom stereocenters. The number of aryl methyl sites for hydroxylation is 1. The number of nitrogens with two attached hydrogens (primary N) is 1. The molecule has 2 rings (SSSR count). The van der Waals surface area contributed by atoms with Crippen LogP contribution in [0.15, 0.2) is 22.9 Å². The molecule has 0 aliphatic heterocycles. The Morgan fingerprint density at radius 2 is 2.38 bits per heavy atom. The van der Waals surface area contributed by atoms with Crippen molar-refractivity contribution in [3.63, 3.8) is 0 Å². The molecule has 0 bridgehead atoms. The van der Waals surface area contributed by atoms with Gasteiger partial charge in [-0.1, -0.05) is 0 Å². The van der Waals surface area contributed by atoms with Crippen LogP contribution < -0.4 is 5.73 Å². The molecule has 2 heterocycles. The van der Waals surface area contributed by atoms with Crippen molar-refractivity contribution in [2.45, 2.75) is 6.54 Å². The minimum atomic E-state index is 0.278. The number of aromatic nitrogens is 3. The third-order valence-corrected chi connectivity index (χ3v) is 1.72. The zero-order valence-corrected chi connectivity index (χ0v) is 7.27. The third kappa shape index (κ3) is 1.46. The molecular formula is C8H10N4O. The largest absolute Gasteiger partial charge is 0.419 e. The van der Waals surface area contributed by atoms with Crippen LogP contribution in [0.2, 0.25) is 0 Å². The van der Waals surface area contributed by atoms with Crippen molar-refractivity contribution in [2.75, 3.05) is 0 Å². The Morgan fingerprint density at radius 1 is 1.54 bits per heavy atom. The van der Waals surface area contributed by atoms with Gasteiger partial charge in [-0.05, 0) is 6.07 Å². The van der Waals surface area contributed by atoms with E-state index in [1.165, 1.54) is 0 Å². The van der Waals surface area contributed by atoms with E-state index in [-0.39, 0.29) is 6.54 Å². The van der Waals surface area contributed by atoms with Crippen molar-refractivity contribution in [3.8, 4) is 11.5 Å². The Balaban J connectivity index is 2.35. The summed E-state index contributed by atoms with van der Waals surface area (Å²) in [4.78, 5) is 0. The molecule has 0 aliphatic carbocycles. The fourth-order valence-electron chi connectivity index (χ4n) is 1.08. The van der Waals surface area contributed by atoms with Gasteiger partial charge in [-0.25, -0.2) is 0 Å². The molecular weight excluding hydrogens is 168 g/mol. The molecule has 0 amide bonds. The van der Waals surface area contributed by atoms with Crippen molar-refractivity contribution in [1.29, 1.82) is 0 Å². The summed E-state index contributed by atoms with van der Waals surface area (Å²) in [5, 5.41) is 7.63. The highest BCUT2D eigenvalue weighted by Crippen LogP contribution is 2.16. The highest BCUT2D eigenvalue weighted by molar-refractivity contribution is 5.50. The molecule has 0 radical (unpaired) electrons. The number of nitrogens with zero attached hydrogens (tertiary/aromatic N) is 3. The van der Waals surface area contributed by atoms with Crippen LogP contribution in [0.5, 0.6) is 0 Å². The normalized spacial score (nSPS) is 10.6. The molecule has 0 fully saturated rings. The summed E-state index contributed by atoms with van der Waals surface area (Å²) < 4.78 is 7.19. The van der Waals surface area contributed by atoms with Gasteiger partial charge in [-0.2, -0.15) is 0 Å². The van der Waals surface area contributed by atoms with Crippen molar-refractivity contribution in [3.05, 3.63) is 24.4 Å². The lowest BCUT2D eigenvalue weighted by Crippen LogP contribution is -1.95. The maximum atomic E-state index is 5.34. The third-order valence-electron chi connectivity index (χ3n) is 1.72. The minimum absolute atomic E-state index is 0.278. The first-order chi connectivity index (χ1) is 6.29. The van der Waals surface area contributed by atoms with Crippen molar-refractivity contribution in [1.82, 2.24) is 14.8 Å². The van der Waals surface area contributed by atoms with Gasteiger partial charge < -0.3 is 14.7 Å². The summed E-state index contributed by atoms with van der Waals surface area (Å²) in [6.07, 6.45) is 3.83. The van der Waals surface area contributed by atoms with Gasteiger partial charge in [0.1, 0.15) is 0 Å². The van der Waals surface area contributed by atoms with Crippen LogP contribution in [-0.4, -0.2) is 14.8 Å². The van der Waals surface area contributed by atoms with Crippen molar-refractivity contribution >= 4 is 0 Å². The summed E-state index contributed by atoms with van der Waals surface area (Å²) in [7, 11) is 1.93. The number of hydrogen-bond donors (Lipinski definition) is 1. The van der Waals surface area contributed by atoms with E-state index < -0.39 is 0 Å². The SMILES string of the molecule is Cn1ccc(-c2nnc(CN)o2)c1. The Bertz CT molecular complexity index is 404. The van der Waals surface area contributed by atoms with Crippen molar-refractivity contribution < 1.29 is 4.42 Å². The van der Waals surface area contributed by atoms with E-state index in [4.69, 9.17) is 10.2 Å². The molecule has 0 aliphatic rings. The van der Waals surface area contributed by atoms with E-state index in [1.807, 2.05) is 30.1 Å².